The molecule has 0 aliphatic carbocycles. The number of aromatic nitrogens is 1. The highest BCUT2D eigenvalue weighted by molar-refractivity contribution is 8.76. The molecule has 1 aromatic carbocycles. The van der Waals surface area contributed by atoms with Crippen LogP contribution in [0.15, 0.2) is 48.8 Å². The van der Waals surface area contributed by atoms with Crippen molar-refractivity contribution < 1.29 is 14.2 Å². The molecule has 2 amide bonds. The Morgan fingerprint density at radius 3 is 2.21 bits per heavy atom. The van der Waals surface area contributed by atoms with E-state index in [1.165, 1.54) is 0 Å². The number of hydrogen-bond acceptors (Lipinski definition) is 4. The first-order valence-electron chi connectivity index (χ1n) is 8.78. The molecule has 0 bridgehead atoms. The Labute approximate surface area is 178 Å². The first kappa shape index (κ1) is 22.3. The van der Waals surface area contributed by atoms with Gasteiger partial charge in [0.1, 0.15) is 0 Å². The van der Waals surface area contributed by atoms with E-state index < -0.39 is 0 Å². The molecular weight excluding hydrogens is 414 g/mol. The van der Waals surface area contributed by atoms with Gasteiger partial charge in [-0.2, -0.15) is 4.57 Å². The van der Waals surface area contributed by atoms with Crippen molar-refractivity contribution in [3.63, 3.8) is 0 Å². The monoisotopic (exact) mass is 436 g/mol. The van der Waals surface area contributed by atoms with E-state index in [4.69, 9.17) is 11.6 Å². The number of amides is 2. The van der Waals surface area contributed by atoms with Gasteiger partial charge in [-0.3, -0.25) is 9.59 Å². The summed E-state index contributed by atoms with van der Waals surface area (Å²) in [7, 11) is 3.36. The summed E-state index contributed by atoms with van der Waals surface area (Å²) in [6.45, 7) is 1.58. The highest BCUT2D eigenvalue weighted by atomic mass is 35.5. The number of pyridine rings is 1. The molecule has 28 heavy (non-hydrogen) atoms. The molecule has 0 aliphatic rings. The molecule has 1 heterocycles. The predicted molar refractivity (Wildman–Crippen MR) is 119 cm³/mol. The van der Waals surface area contributed by atoms with E-state index in [0.717, 1.165) is 27.7 Å². The molecule has 148 valence electrons. The highest BCUT2D eigenvalue weighted by Crippen LogP contribution is 2.19. The third-order valence-corrected chi connectivity index (χ3v) is 6.25. The number of nitrogens with one attached hydrogen (secondary N) is 2. The Morgan fingerprint density at radius 1 is 0.964 bits per heavy atom. The van der Waals surface area contributed by atoms with Crippen LogP contribution < -0.4 is 15.2 Å². The second-order valence-corrected chi connectivity index (χ2v) is 8.89. The van der Waals surface area contributed by atoms with Gasteiger partial charge in [0.2, 0.25) is 13.0 Å². The lowest BCUT2D eigenvalue weighted by atomic mass is 10.1. The normalized spacial score (nSPS) is 10.8. The van der Waals surface area contributed by atoms with Gasteiger partial charge in [0.25, 0.3) is 5.91 Å². The fourth-order valence-corrected chi connectivity index (χ4v) is 4.14. The van der Waals surface area contributed by atoms with Crippen LogP contribution in [0, 0.1) is 0 Å². The van der Waals surface area contributed by atoms with Gasteiger partial charge in [0.15, 0.2) is 12.4 Å². The Kier molecular flexibility index (Phi) is 10.6. The maximum atomic E-state index is 12.0. The maximum absolute atomic E-state index is 12.0. The van der Waals surface area contributed by atoms with E-state index in [1.807, 2.05) is 65.5 Å². The molecule has 0 fully saturated rings. The lowest BCUT2D eigenvalue weighted by Gasteiger charge is -2.03. The lowest BCUT2D eigenvalue weighted by molar-refractivity contribution is -0.684. The summed E-state index contributed by atoms with van der Waals surface area (Å²) < 4.78 is 1.85. The van der Waals surface area contributed by atoms with E-state index in [1.54, 1.807) is 21.6 Å². The molecule has 2 aromatic rings. The molecule has 8 heteroatoms. The van der Waals surface area contributed by atoms with Crippen LogP contribution in [0.2, 0.25) is 5.02 Å². The smallest absolute Gasteiger partial charge is 0.286 e. The molecule has 0 aliphatic heterocycles. The molecular formula is C20H23ClN3O2S2+. The molecule has 0 unspecified atom stereocenters. The largest absolute Gasteiger partial charge is 0.358 e. The van der Waals surface area contributed by atoms with Crippen LogP contribution in [-0.2, 0) is 16.1 Å². The van der Waals surface area contributed by atoms with Gasteiger partial charge in [0, 0.05) is 41.8 Å². The zero-order chi connectivity index (χ0) is 20.0. The summed E-state index contributed by atoms with van der Waals surface area (Å²) >= 11 is 5.88. The number of hydrogen-bond donors (Lipinski definition) is 2. The third kappa shape index (κ3) is 9.30. The minimum absolute atomic E-state index is 0.0114. The molecule has 1 aromatic heterocycles. The lowest BCUT2D eigenvalue weighted by Crippen LogP contribution is -2.42. The summed E-state index contributed by atoms with van der Waals surface area (Å²) in [6, 6.07) is 11.6. The van der Waals surface area contributed by atoms with Crippen molar-refractivity contribution in [2.24, 2.45) is 0 Å². The van der Waals surface area contributed by atoms with Crippen molar-refractivity contribution >= 4 is 57.7 Å². The standard InChI is InChI=1S/C20H22ClN3O2S2/c21-19-5-3-17(4-6-19)1-2-18-7-11-24(12-8-18)15-20(26)23-10-14-28-27-13-9-22-16-25/h1-8,11-12,16H,9-10,13-15H2,(H-,22,23,25,26)/p+1/b2-1+. The van der Waals surface area contributed by atoms with E-state index in [-0.39, 0.29) is 5.91 Å². The van der Waals surface area contributed by atoms with Crippen LogP contribution in [0.3, 0.4) is 0 Å². The van der Waals surface area contributed by atoms with Crippen LogP contribution in [0.25, 0.3) is 12.2 Å². The van der Waals surface area contributed by atoms with E-state index in [0.29, 0.717) is 26.0 Å². The van der Waals surface area contributed by atoms with Crippen LogP contribution in [-0.4, -0.2) is 36.9 Å². The predicted octanol–water partition coefficient (Wildman–Crippen LogP) is 3.04. The van der Waals surface area contributed by atoms with Gasteiger partial charge < -0.3 is 10.6 Å². The van der Waals surface area contributed by atoms with Crippen molar-refractivity contribution in [3.8, 4) is 0 Å². The molecule has 2 rings (SSSR count). The van der Waals surface area contributed by atoms with Crippen LogP contribution in [0.1, 0.15) is 11.1 Å². The fraction of sp³-hybridized carbons (Fsp3) is 0.250. The number of carbonyl (C=O) groups excluding carboxylic acids is 2. The van der Waals surface area contributed by atoms with E-state index in [9.17, 15) is 9.59 Å². The van der Waals surface area contributed by atoms with Crippen LogP contribution in [0.4, 0.5) is 0 Å². The number of carbonyl (C=O) groups is 2. The van der Waals surface area contributed by atoms with Crippen molar-refractivity contribution in [3.05, 3.63) is 64.9 Å². The second kappa shape index (κ2) is 13.3. The molecule has 2 N–H and O–H groups in total. The van der Waals surface area contributed by atoms with Crippen molar-refractivity contribution in [2.45, 2.75) is 6.54 Å². The first-order chi connectivity index (χ1) is 13.7. The molecule has 0 saturated carbocycles. The zero-order valence-electron chi connectivity index (χ0n) is 15.3. The fourth-order valence-electron chi connectivity index (χ4n) is 2.18. The summed E-state index contributed by atoms with van der Waals surface area (Å²) in [5, 5.41) is 6.24. The summed E-state index contributed by atoms with van der Waals surface area (Å²) in [6.07, 6.45) is 8.53. The van der Waals surface area contributed by atoms with Crippen LogP contribution >= 0.6 is 33.2 Å². The van der Waals surface area contributed by atoms with Gasteiger partial charge in [-0.15, -0.1) is 0 Å². The number of rotatable bonds is 12. The van der Waals surface area contributed by atoms with Gasteiger partial charge in [0.05, 0.1) is 0 Å². The third-order valence-electron chi connectivity index (χ3n) is 3.59. The highest BCUT2D eigenvalue weighted by Gasteiger charge is 2.08. The summed E-state index contributed by atoms with van der Waals surface area (Å²) in [5.74, 6) is 1.67. The molecule has 5 nitrogen and oxygen atoms in total. The Hall–Kier alpha value is -1.96. The Bertz CT molecular complexity index is 768. The van der Waals surface area contributed by atoms with Gasteiger partial charge in [-0.1, -0.05) is 57.5 Å². The molecule has 0 radical (unpaired) electrons. The van der Waals surface area contributed by atoms with Crippen molar-refractivity contribution in [2.75, 3.05) is 24.6 Å². The van der Waals surface area contributed by atoms with Gasteiger partial charge in [-0.25, -0.2) is 0 Å². The second-order valence-electron chi connectivity index (χ2n) is 5.75. The first-order valence-corrected chi connectivity index (χ1v) is 11.6. The summed E-state index contributed by atoms with van der Waals surface area (Å²) in [5.41, 5.74) is 2.14. The van der Waals surface area contributed by atoms with E-state index in [2.05, 4.69) is 10.6 Å². The zero-order valence-corrected chi connectivity index (χ0v) is 17.7. The van der Waals surface area contributed by atoms with E-state index >= 15 is 0 Å². The number of nitrogens with zero attached hydrogens (tertiary/aromatic N) is 1. The summed E-state index contributed by atoms with van der Waals surface area (Å²) in [4.78, 5) is 22.1. The number of halogens is 1. The van der Waals surface area contributed by atoms with Gasteiger partial charge in [-0.05, 0) is 23.3 Å². The van der Waals surface area contributed by atoms with Crippen molar-refractivity contribution in [1.29, 1.82) is 0 Å². The number of benzene rings is 1. The molecule has 0 saturated heterocycles. The SMILES string of the molecule is O=CNCCSSCCNC(=O)C[n+]1ccc(/C=C/c2ccc(Cl)cc2)cc1. The van der Waals surface area contributed by atoms with Crippen molar-refractivity contribution in [1.82, 2.24) is 10.6 Å². The van der Waals surface area contributed by atoms with Crippen LogP contribution in [0.5, 0.6) is 0 Å². The quantitative estimate of drug-likeness (QED) is 0.232. The molecule has 0 atom stereocenters. The molecule has 0 spiro atoms. The Balaban J connectivity index is 1.66. The minimum Gasteiger partial charge on any atom is -0.358 e. The Morgan fingerprint density at radius 2 is 1.57 bits per heavy atom. The average molecular weight is 437 g/mol. The maximum Gasteiger partial charge on any atom is 0.286 e. The topological polar surface area (TPSA) is 62.1 Å². The van der Waals surface area contributed by atoms with Gasteiger partial charge >= 0.3 is 0 Å². The average Bonchev–Trinajstić information content (AvgIpc) is 2.70. The minimum atomic E-state index is -0.0114.